The second kappa shape index (κ2) is 13.8. The molecule has 2 unspecified atom stereocenters. The number of unbranched alkanes of at least 4 members (excludes halogenated alkanes) is 3. The van der Waals surface area contributed by atoms with Crippen LogP contribution < -0.4 is 21.3 Å². The van der Waals surface area contributed by atoms with E-state index >= 15 is 0 Å². The molecule has 0 saturated carbocycles. The maximum Gasteiger partial charge on any atom is 0.255 e. The summed E-state index contributed by atoms with van der Waals surface area (Å²) in [5, 5.41) is 10.2. The average Bonchev–Trinajstić information content (AvgIpc) is 3.54. The molecule has 0 bridgehead atoms. The van der Waals surface area contributed by atoms with E-state index in [9.17, 15) is 38.4 Å². The molecule has 2 aromatic rings. The standard InChI is InChI=1S/C34H36N6O8/c41-27(35-21-9-7-19-17-39(33(47)23(19)15-21)25-11-13-29(43)37-31(25)45)5-3-1-2-4-6-28(42)36-22-10-8-20-18-40(34(48)24(20)16-22)26-12-14-30(44)38-32(26)46/h7-10,15-16,25-26H,1-6,11-14,17-18H2,(H,35,41)(H,36,42)(H,37,43,45)(H,38,44,46). The van der Waals surface area contributed by atoms with Crippen molar-refractivity contribution in [2.45, 2.75) is 89.4 Å². The second-order valence-corrected chi connectivity index (χ2v) is 12.6. The van der Waals surface area contributed by atoms with E-state index in [1.807, 2.05) is 0 Å². The normalized spacial score (nSPS) is 20.3. The van der Waals surface area contributed by atoms with Crippen LogP contribution in [0.4, 0.5) is 11.4 Å². The topological polar surface area (TPSA) is 191 Å². The molecular weight excluding hydrogens is 620 g/mol. The molecule has 14 heteroatoms. The Hall–Kier alpha value is -5.40. The zero-order valence-electron chi connectivity index (χ0n) is 26.3. The molecule has 4 aliphatic heterocycles. The SMILES string of the molecule is O=C1CCC(N2Cc3ccc(NC(=O)CCCCCCC(=O)Nc4ccc5c(c4)C(=O)N(C4CCC(=O)NC4=O)C5)cc3C2=O)C(=O)N1. The van der Waals surface area contributed by atoms with E-state index in [1.165, 1.54) is 9.80 Å². The summed E-state index contributed by atoms with van der Waals surface area (Å²) in [4.78, 5) is 102. The van der Waals surface area contributed by atoms with Crippen molar-refractivity contribution in [1.82, 2.24) is 20.4 Å². The molecule has 6 rings (SSSR count). The van der Waals surface area contributed by atoms with Gasteiger partial charge >= 0.3 is 0 Å². The fourth-order valence-electron chi connectivity index (χ4n) is 6.64. The van der Waals surface area contributed by atoms with Crippen LogP contribution >= 0.6 is 0 Å². The number of imide groups is 2. The van der Waals surface area contributed by atoms with Crippen LogP contribution in [0.25, 0.3) is 0 Å². The Kier molecular flexibility index (Phi) is 9.33. The lowest BCUT2D eigenvalue weighted by Gasteiger charge is -2.29. The number of nitrogens with one attached hydrogen (secondary N) is 4. The number of piperidine rings is 2. The number of rotatable bonds is 11. The van der Waals surface area contributed by atoms with E-state index in [4.69, 9.17) is 0 Å². The molecule has 4 N–H and O–H groups in total. The third kappa shape index (κ3) is 6.97. The molecule has 2 aromatic carbocycles. The highest BCUT2D eigenvalue weighted by atomic mass is 16.2. The highest BCUT2D eigenvalue weighted by Gasteiger charge is 2.40. The third-order valence-corrected chi connectivity index (χ3v) is 9.18. The molecule has 0 spiro atoms. The predicted octanol–water partition coefficient (Wildman–Crippen LogP) is 2.13. The summed E-state index contributed by atoms with van der Waals surface area (Å²) in [6, 6.07) is 8.81. The summed E-state index contributed by atoms with van der Waals surface area (Å²) in [6.07, 6.45) is 4.21. The molecule has 2 fully saturated rings. The lowest BCUT2D eigenvalue weighted by molar-refractivity contribution is -0.138. The van der Waals surface area contributed by atoms with Crippen LogP contribution in [0, 0.1) is 0 Å². The number of anilines is 2. The van der Waals surface area contributed by atoms with Crippen molar-refractivity contribution in [2.75, 3.05) is 10.6 Å². The van der Waals surface area contributed by atoms with E-state index in [0.717, 1.165) is 24.0 Å². The number of hydrogen-bond acceptors (Lipinski definition) is 8. The van der Waals surface area contributed by atoms with Gasteiger partial charge in [0.1, 0.15) is 12.1 Å². The Balaban J connectivity index is 0.889. The van der Waals surface area contributed by atoms with Gasteiger partial charge in [-0.05, 0) is 61.1 Å². The summed E-state index contributed by atoms with van der Waals surface area (Å²) >= 11 is 0. The first-order valence-corrected chi connectivity index (χ1v) is 16.2. The van der Waals surface area contributed by atoms with Crippen LogP contribution in [0.15, 0.2) is 36.4 Å². The highest BCUT2D eigenvalue weighted by Crippen LogP contribution is 2.31. The van der Waals surface area contributed by atoms with E-state index < -0.39 is 23.9 Å². The van der Waals surface area contributed by atoms with Gasteiger partial charge in [-0.1, -0.05) is 25.0 Å². The minimum Gasteiger partial charge on any atom is -0.326 e. The first-order chi connectivity index (χ1) is 23.1. The van der Waals surface area contributed by atoms with E-state index in [1.54, 1.807) is 36.4 Å². The first-order valence-electron chi connectivity index (χ1n) is 16.2. The van der Waals surface area contributed by atoms with Crippen LogP contribution in [0.2, 0.25) is 0 Å². The van der Waals surface area contributed by atoms with Crippen LogP contribution in [0.1, 0.15) is 96.1 Å². The second-order valence-electron chi connectivity index (χ2n) is 12.6. The zero-order valence-corrected chi connectivity index (χ0v) is 26.3. The number of fused-ring (bicyclic) bond motifs is 2. The minimum absolute atomic E-state index is 0.180. The average molecular weight is 657 g/mol. The lowest BCUT2D eigenvalue weighted by Crippen LogP contribution is -2.52. The molecular formula is C34H36N6O8. The van der Waals surface area contributed by atoms with Crippen molar-refractivity contribution >= 4 is 58.6 Å². The van der Waals surface area contributed by atoms with Crippen molar-refractivity contribution in [2.24, 2.45) is 0 Å². The number of hydrogen-bond donors (Lipinski definition) is 4. The zero-order chi connectivity index (χ0) is 33.9. The summed E-state index contributed by atoms with van der Waals surface area (Å²) in [5.41, 5.74) is 3.35. The van der Waals surface area contributed by atoms with Gasteiger partial charge in [-0.2, -0.15) is 0 Å². The number of carbonyl (C=O) groups is 8. The van der Waals surface area contributed by atoms with Crippen LogP contribution in [0.3, 0.4) is 0 Å². The van der Waals surface area contributed by atoms with Gasteiger partial charge in [-0.25, -0.2) is 0 Å². The molecule has 2 atom stereocenters. The van der Waals surface area contributed by atoms with E-state index in [-0.39, 0.29) is 87.1 Å². The summed E-state index contributed by atoms with van der Waals surface area (Å²) in [7, 11) is 0. The predicted molar refractivity (Wildman–Crippen MR) is 170 cm³/mol. The molecule has 0 radical (unpaired) electrons. The van der Waals surface area contributed by atoms with Crippen LogP contribution in [0.5, 0.6) is 0 Å². The molecule has 2 saturated heterocycles. The van der Waals surface area contributed by atoms with Crippen molar-refractivity contribution < 1.29 is 38.4 Å². The van der Waals surface area contributed by atoms with Gasteiger partial charge in [-0.15, -0.1) is 0 Å². The summed E-state index contributed by atoms with van der Waals surface area (Å²) < 4.78 is 0. The van der Waals surface area contributed by atoms with E-state index in [0.29, 0.717) is 35.3 Å². The summed E-state index contributed by atoms with van der Waals surface area (Å²) in [5.74, 6) is -2.62. The van der Waals surface area contributed by atoms with Crippen molar-refractivity contribution in [3.8, 4) is 0 Å². The van der Waals surface area contributed by atoms with Crippen LogP contribution in [-0.4, -0.2) is 69.1 Å². The fraction of sp³-hybridized carbons (Fsp3) is 0.412. The van der Waals surface area contributed by atoms with Crippen molar-refractivity contribution in [3.05, 3.63) is 58.7 Å². The lowest BCUT2D eigenvalue weighted by atomic mass is 10.0. The molecule has 4 heterocycles. The van der Waals surface area contributed by atoms with Gasteiger partial charge < -0.3 is 20.4 Å². The van der Waals surface area contributed by atoms with Crippen molar-refractivity contribution in [1.29, 1.82) is 0 Å². The quantitative estimate of drug-likeness (QED) is 0.209. The monoisotopic (exact) mass is 656 g/mol. The third-order valence-electron chi connectivity index (χ3n) is 9.18. The van der Waals surface area contributed by atoms with Crippen molar-refractivity contribution in [3.63, 3.8) is 0 Å². The maximum atomic E-state index is 13.0. The van der Waals surface area contributed by atoms with Gasteiger partial charge in [0.15, 0.2) is 0 Å². The summed E-state index contributed by atoms with van der Waals surface area (Å²) in [6.45, 7) is 0.538. The molecule has 48 heavy (non-hydrogen) atoms. The molecule has 4 aliphatic rings. The number of benzene rings is 2. The Morgan fingerprint density at radius 3 is 1.44 bits per heavy atom. The van der Waals surface area contributed by atoms with Gasteiger partial charge in [0.2, 0.25) is 35.4 Å². The Morgan fingerprint density at radius 1 is 0.625 bits per heavy atom. The van der Waals surface area contributed by atoms with Gasteiger partial charge in [0.25, 0.3) is 11.8 Å². The maximum absolute atomic E-state index is 13.0. The molecule has 250 valence electrons. The smallest absolute Gasteiger partial charge is 0.255 e. The molecule has 8 amide bonds. The fourth-order valence-corrected chi connectivity index (χ4v) is 6.64. The minimum atomic E-state index is -0.698. The number of amides is 8. The molecule has 0 aromatic heterocycles. The largest absolute Gasteiger partial charge is 0.326 e. The molecule has 14 nitrogen and oxygen atoms in total. The number of carbonyl (C=O) groups excluding carboxylic acids is 8. The first kappa shape index (κ1) is 32.5. The van der Waals surface area contributed by atoms with Gasteiger partial charge in [0.05, 0.1) is 0 Å². The molecule has 0 aliphatic carbocycles. The Morgan fingerprint density at radius 2 is 1.04 bits per heavy atom. The van der Waals surface area contributed by atoms with Gasteiger partial charge in [-0.3, -0.25) is 49.0 Å². The van der Waals surface area contributed by atoms with E-state index in [2.05, 4.69) is 21.3 Å². The van der Waals surface area contributed by atoms with Gasteiger partial charge in [0, 0.05) is 61.3 Å². The Labute approximate surface area is 276 Å². The Bertz CT molecular complexity index is 1610. The number of nitrogens with zero attached hydrogens (tertiary/aromatic N) is 2. The van der Waals surface area contributed by atoms with Crippen LogP contribution in [-0.2, 0) is 41.9 Å². The highest BCUT2D eigenvalue weighted by molar-refractivity contribution is 6.07.